The van der Waals surface area contributed by atoms with Gasteiger partial charge in [0.05, 0.1) is 0 Å². The number of amides is 1. The number of aryl methyl sites for hydroxylation is 1. The summed E-state index contributed by atoms with van der Waals surface area (Å²) in [6, 6.07) is 10.3. The maximum atomic E-state index is 12.1. The van der Waals surface area contributed by atoms with Gasteiger partial charge in [-0.1, -0.05) is 38.1 Å². The average molecular weight is 355 g/mol. The van der Waals surface area contributed by atoms with Crippen LogP contribution in [0.2, 0.25) is 0 Å². The maximum absolute atomic E-state index is 12.1. The number of rotatable bonds is 7. The predicted molar refractivity (Wildman–Crippen MR) is 103 cm³/mol. The summed E-state index contributed by atoms with van der Waals surface area (Å²) in [6.07, 6.45) is 0.842. The molecule has 2 heterocycles. The molecular formula is C20H29N5O. The summed E-state index contributed by atoms with van der Waals surface area (Å²) in [5, 5.41) is 9.84. The number of H-pyrrole nitrogens is 1. The Balaban J connectivity index is 1.46. The van der Waals surface area contributed by atoms with Gasteiger partial charge in [0.2, 0.25) is 0 Å². The first-order chi connectivity index (χ1) is 12.7. The lowest BCUT2D eigenvalue weighted by atomic mass is 10.1. The van der Waals surface area contributed by atoms with Crippen LogP contribution in [0.15, 0.2) is 30.3 Å². The van der Waals surface area contributed by atoms with Gasteiger partial charge in [-0.15, -0.1) is 0 Å². The molecule has 2 N–H and O–H groups in total. The summed E-state index contributed by atoms with van der Waals surface area (Å²) in [4.78, 5) is 17.1. The van der Waals surface area contributed by atoms with Crippen LogP contribution >= 0.6 is 0 Å². The molecule has 1 aliphatic rings. The highest BCUT2D eigenvalue weighted by Gasteiger charge is 2.15. The Bertz CT molecular complexity index is 701. The van der Waals surface area contributed by atoms with Crippen molar-refractivity contribution in [2.45, 2.75) is 33.4 Å². The fraction of sp³-hybridized carbons (Fsp3) is 0.500. The van der Waals surface area contributed by atoms with Crippen molar-refractivity contribution in [1.29, 1.82) is 0 Å². The van der Waals surface area contributed by atoms with Gasteiger partial charge in [0.1, 0.15) is 5.69 Å². The minimum absolute atomic E-state index is 0.140. The summed E-state index contributed by atoms with van der Waals surface area (Å²) < 4.78 is 0. The molecule has 6 nitrogen and oxygen atoms in total. The van der Waals surface area contributed by atoms with Crippen LogP contribution in [0.25, 0.3) is 0 Å². The number of aromatic nitrogens is 2. The molecule has 1 amide bonds. The minimum atomic E-state index is -0.140. The van der Waals surface area contributed by atoms with Crippen LogP contribution in [0, 0.1) is 0 Å². The first kappa shape index (κ1) is 18.6. The van der Waals surface area contributed by atoms with Gasteiger partial charge in [-0.25, -0.2) is 0 Å². The fourth-order valence-electron chi connectivity index (χ4n) is 3.22. The normalized spacial score (nSPS) is 15.9. The zero-order valence-corrected chi connectivity index (χ0v) is 15.8. The molecule has 0 bridgehead atoms. The Hall–Kier alpha value is -2.18. The Morgan fingerprint density at radius 1 is 1.08 bits per heavy atom. The molecule has 6 heteroatoms. The van der Waals surface area contributed by atoms with Gasteiger partial charge in [0.15, 0.2) is 0 Å². The standard InChI is InChI=1S/C20H29N5O/c1-3-18-13-19(23-22-18)20(26)21-14-16-5-7-17(8-6-16)15-25-11-9-24(4-2)10-12-25/h5-8,13H,3-4,9-12,14-15H2,1-2H3,(H,21,26)(H,22,23). The van der Waals surface area contributed by atoms with Crippen molar-refractivity contribution >= 4 is 5.91 Å². The third-order valence-electron chi connectivity index (χ3n) is 5.04. The zero-order chi connectivity index (χ0) is 18.4. The van der Waals surface area contributed by atoms with Crippen LogP contribution in [-0.2, 0) is 19.5 Å². The van der Waals surface area contributed by atoms with Gasteiger partial charge in [-0.2, -0.15) is 5.10 Å². The number of nitrogens with zero attached hydrogens (tertiary/aromatic N) is 3. The number of carbonyl (C=O) groups excluding carboxylic acids is 1. The van der Waals surface area contributed by atoms with E-state index < -0.39 is 0 Å². The quantitative estimate of drug-likeness (QED) is 0.798. The lowest BCUT2D eigenvalue weighted by Crippen LogP contribution is -2.45. The van der Waals surface area contributed by atoms with Crippen LogP contribution in [-0.4, -0.2) is 58.6 Å². The number of aromatic amines is 1. The van der Waals surface area contributed by atoms with Gasteiger partial charge in [0, 0.05) is 45.0 Å². The molecule has 26 heavy (non-hydrogen) atoms. The largest absolute Gasteiger partial charge is 0.347 e. The van der Waals surface area contributed by atoms with Crippen molar-refractivity contribution in [3.05, 3.63) is 52.8 Å². The molecule has 3 rings (SSSR count). The summed E-state index contributed by atoms with van der Waals surface area (Å²) in [5.41, 5.74) is 3.85. The predicted octanol–water partition coefficient (Wildman–Crippen LogP) is 2.04. The smallest absolute Gasteiger partial charge is 0.272 e. The van der Waals surface area contributed by atoms with Crippen LogP contribution in [0.5, 0.6) is 0 Å². The van der Waals surface area contributed by atoms with E-state index in [-0.39, 0.29) is 5.91 Å². The van der Waals surface area contributed by atoms with E-state index in [0.29, 0.717) is 12.2 Å². The molecule has 1 aromatic heterocycles. The Labute approximate surface area is 155 Å². The second-order valence-electron chi connectivity index (χ2n) is 6.84. The van der Waals surface area contributed by atoms with Crippen LogP contribution < -0.4 is 5.32 Å². The topological polar surface area (TPSA) is 64.3 Å². The number of piperazine rings is 1. The molecule has 2 aromatic rings. The third-order valence-corrected chi connectivity index (χ3v) is 5.04. The molecule has 0 spiro atoms. The van der Waals surface area contributed by atoms with Crippen LogP contribution in [0.4, 0.5) is 0 Å². The van der Waals surface area contributed by atoms with Gasteiger partial charge < -0.3 is 10.2 Å². The third kappa shape index (κ3) is 4.93. The van der Waals surface area contributed by atoms with Crippen molar-refractivity contribution in [3.63, 3.8) is 0 Å². The molecule has 1 aromatic carbocycles. The van der Waals surface area contributed by atoms with E-state index in [1.165, 1.54) is 5.56 Å². The molecule has 0 saturated carbocycles. The molecule has 0 atom stereocenters. The number of hydrogen-bond donors (Lipinski definition) is 2. The molecule has 140 valence electrons. The van der Waals surface area contributed by atoms with Crippen LogP contribution in [0.3, 0.4) is 0 Å². The molecule has 1 fully saturated rings. The fourth-order valence-corrected chi connectivity index (χ4v) is 3.22. The lowest BCUT2D eigenvalue weighted by Gasteiger charge is -2.34. The molecule has 0 aliphatic carbocycles. The number of likely N-dealkylation sites (N-methyl/N-ethyl adjacent to an activating group) is 1. The summed E-state index contributed by atoms with van der Waals surface area (Å²) >= 11 is 0. The number of benzene rings is 1. The van der Waals surface area contributed by atoms with Crippen molar-refractivity contribution in [2.24, 2.45) is 0 Å². The van der Waals surface area contributed by atoms with Gasteiger partial charge >= 0.3 is 0 Å². The van der Waals surface area contributed by atoms with E-state index in [4.69, 9.17) is 0 Å². The monoisotopic (exact) mass is 355 g/mol. The first-order valence-corrected chi connectivity index (χ1v) is 9.53. The number of hydrogen-bond acceptors (Lipinski definition) is 4. The molecular weight excluding hydrogens is 326 g/mol. The minimum Gasteiger partial charge on any atom is -0.347 e. The number of nitrogens with one attached hydrogen (secondary N) is 2. The SMILES string of the molecule is CCc1cc(C(=O)NCc2ccc(CN3CCN(CC)CC3)cc2)n[nH]1. The Kier molecular flexibility index (Phi) is 6.41. The Morgan fingerprint density at radius 3 is 2.35 bits per heavy atom. The lowest BCUT2D eigenvalue weighted by molar-refractivity contribution is 0.0946. The second kappa shape index (κ2) is 8.96. The zero-order valence-electron chi connectivity index (χ0n) is 15.8. The van der Waals surface area contributed by atoms with E-state index >= 15 is 0 Å². The van der Waals surface area contributed by atoms with Crippen molar-refractivity contribution < 1.29 is 4.79 Å². The van der Waals surface area contributed by atoms with E-state index in [9.17, 15) is 4.79 Å². The summed E-state index contributed by atoms with van der Waals surface area (Å²) in [7, 11) is 0. The number of carbonyl (C=O) groups is 1. The molecule has 0 radical (unpaired) electrons. The van der Waals surface area contributed by atoms with Gasteiger partial charge in [0.25, 0.3) is 5.91 Å². The molecule has 1 aliphatic heterocycles. The van der Waals surface area contributed by atoms with Crippen molar-refractivity contribution in [3.8, 4) is 0 Å². The summed E-state index contributed by atoms with van der Waals surface area (Å²) in [5.74, 6) is -0.140. The van der Waals surface area contributed by atoms with Gasteiger partial charge in [-0.05, 0) is 30.2 Å². The van der Waals surface area contributed by atoms with E-state index in [1.54, 1.807) is 6.07 Å². The van der Waals surface area contributed by atoms with Crippen molar-refractivity contribution in [1.82, 2.24) is 25.3 Å². The van der Waals surface area contributed by atoms with E-state index in [2.05, 4.69) is 56.5 Å². The average Bonchev–Trinajstić information content (AvgIpc) is 3.17. The van der Waals surface area contributed by atoms with Gasteiger partial charge in [-0.3, -0.25) is 14.8 Å². The first-order valence-electron chi connectivity index (χ1n) is 9.53. The second-order valence-corrected chi connectivity index (χ2v) is 6.84. The highest BCUT2D eigenvalue weighted by Crippen LogP contribution is 2.10. The van der Waals surface area contributed by atoms with E-state index in [1.807, 2.05) is 6.92 Å². The highest BCUT2D eigenvalue weighted by molar-refractivity contribution is 5.92. The summed E-state index contributed by atoms with van der Waals surface area (Å²) in [6.45, 7) is 11.5. The van der Waals surface area contributed by atoms with E-state index in [0.717, 1.165) is 56.9 Å². The molecule has 0 unspecified atom stereocenters. The maximum Gasteiger partial charge on any atom is 0.272 e. The Morgan fingerprint density at radius 2 is 1.73 bits per heavy atom. The van der Waals surface area contributed by atoms with Crippen LogP contribution in [0.1, 0.15) is 41.2 Å². The van der Waals surface area contributed by atoms with Crippen molar-refractivity contribution in [2.75, 3.05) is 32.7 Å². The highest BCUT2D eigenvalue weighted by atomic mass is 16.1. The molecule has 1 saturated heterocycles.